The van der Waals surface area contributed by atoms with E-state index < -0.39 is 11.9 Å². The van der Waals surface area contributed by atoms with Gasteiger partial charge in [0.1, 0.15) is 13.2 Å². The third-order valence-corrected chi connectivity index (χ3v) is 4.39. The summed E-state index contributed by atoms with van der Waals surface area (Å²) >= 11 is 0. The van der Waals surface area contributed by atoms with Gasteiger partial charge in [0.25, 0.3) is 5.91 Å². The maximum atomic E-state index is 12.2. The molecule has 0 radical (unpaired) electrons. The summed E-state index contributed by atoms with van der Waals surface area (Å²) in [7, 11) is 0. The lowest BCUT2D eigenvalue weighted by molar-refractivity contribution is -0.124. The van der Waals surface area contributed by atoms with E-state index in [-0.39, 0.29) is 19.4 Å². The maximum absolute atomic E-state index is 12.2. The van der Waals surface area contributed by atoms with Crippen molar-refractivity contribution in [1.29, 1.82) is 0 Å². The van der Waals surface area contributed by atoms with Gasteiger partial charge in [-0.3, -0.25) is 4.79 Å². The summed E-state index contributed by atoms with van der Waals surface area (Å²) in [6, 6.07) is 9.94. The number of carbonyl (C=O) groups excluding carboxylic acids is 2. The minimum absolute atomic E-state index is 0.190. The van der Waals surface area contributed by atoms with Gasteiger partial charge in [-0.15, -0.1) is 0 Å². The third kappa shape index (κ3) is 3.80. The van der Waals surface area contributed by atoms with Crippen LogP contribution >= 0.6 is 0 Å². The van der Waals surface area contributed by atoms with Crippen LogP contribution in [0.25, 0.3) is 0 Å². The zero-order valence-corrected chi connectivity index (χ0v) is 15.2. The Morgan fingerprint density at radius 2 is 1.64 bits per heavy atom. The maximum Gasteiger partial charge on any atom is 0.338 e. The quantitative estimate of drug-likeness (QED) is 0.789. The summed E-state index contributed by atoms with van der Waals surface area (Å²) in [4.78, 5) is 24.3. The molecule has 2 aromatic carbocycles. The van der Waals surface area contributed by atoms with E-state index in [4.69, 9.17) is 23.7 Å². The van der Waals surface area contributed by atoms with Crippen molar-refractivity contribution >= 4 is 11.9 Å². The number of benzene rings is 2. The minimum Gasteiger partial charge on any atom is -0.486 e. The second-order valence-corrected chi connectivity index (χ2v) is 6.34. The number of rotatable bonds is 5. The Bertz CT molecular complexity index is 911. The zero-order valence-electron chi connectivity index (χ0n) is 15.2. The van der Waals surface area contributed by atoms with Crippen LogP contribution in [0.2, 0.25) is 0 Å². The van der Waals surface area contributed by atoms with Gasteiger partial charge < -0.3 is 29.0 Å². The van der Waals surface area contributed by atoms with E-state index in [1.165, 1.54) is 0 Å². The van der Waals surface area contributed by atoms with E-state index in [0.29, 0.717) is 41.8 Å². The van der Waals surface area contributed by atoms with Crippen molar-refractivity contribution in [3.8, 4) is 23.0 Å². The molecule has 8 heteroatoms. The molecule has 0 aliphatic carbocycles. The Labute approximate surface area is 161 Å². The number of amides is 1. The lowest BCUT2D eigenvalue weighted by Gasteiger charge is -2.18. The largest absolute Gasteiger partial charge is 0.486 e. The summed E-state index contributed by atoms with van der Waals surface area (Å²) in [5.74, 6) is 1.37. The molecular weight excluding hydrogens is 366 g/mol. The molecule has 1 N–H and O–H groups in total. The number of ether oxygens (including phenoxy) is 5. The van der Waals surface area contributed by atoms with Crippen LogP contribution in [0.3, 0.4) is 0 Å². The topological polar surface area (TPSA) is 92.3 Å². The van der Waals surface area contributed by atoms with Crippen LogP contribution in [0.4, 0.5) is 0 Å². The molecule has 0 fully saturated rings. The van der Waals surface area contributed by atoms with Gasteiger partial charge in [-0.05, 0) is 42.8 Å². The van der Waals surface area contributed by atoms with E-state index in [1.54, 1.807) is 24.3 Å². The number of carbonyl (C=O) groups is 2. The van der Waals surface area contributed by atoms with Crippen molar-refractivity contribution in [1.82, 2.24) is 5.32 Å². The van der Waals surface area contributed by atoms with Gasteiger partial charge in [-0.2, -0.15) is 0 Å². The standard InChI is InChI=1S/C20H19NO7/c1-12(13-2-4-16-18(8-13)28-11-27-16)21-19(22)10-26-20(23)14-3-5-15-17(9-14)25-7-6-24-15/h2-5,8-9,12H,6-7,10-11H2,1H3,(H,21,22). The number of hydrogen-bond acceptors (Lipinski definition) is 7. The van der Waals surface area contributed by atoms with E-state index in [0.717, 1.165) is 5.56 Å². The van der Waals surface area contributed by atoms with Crippen LogP contribution in [0.1, 0.15) is 28.9 Å². The zero-order chi connectivity index (χ0) is 19.5. The molecule has 1 amide bonds. The highest BCUT2D eigenvalue weighted by molar-refractivity contribution is 5.92. The molecule has 2 aromatic rings. The molecule has 0 spiro atoms. The average Bonchev–Trinajstić information content (AvgIpc) is 3.19. The molecule has 4 rings (SSSR count). The highest BCUT2D eigenvalue weighted by Crippen LogP contribution is 2.34. The van der Waals surface area contributed by atoms with Crippen molar-refractivity contribution < 1.29 is 33.3 Å². The molecule has 1 unspecified atom stereocenters. The first-order valence-corrected chi connectivity index (χ1v) is 8.86. The van der Waals surface area contributed by atoms with Gasteiger partial charge in [0, 0.05) is 0 Å². The fraction of sp³-hybridized carbons (Fsp3) is 0.300. The Morgan fingerprint density at radius 3 is 2.50 bits per heavy atom. The molecule has 0 aromatic heterocycles. The second-order valence-electron chi connectivity index (χ2n) is 6.34. The van der Waals surface area contributed by atoms with Gasteiger partial charge in [0.2, 0.25) is 6.79 Å². The molecule has 0 bridgehead atoms. The predicted octanol–water partition coefficient (Wildman–Crippen LogP) is 2.22. The predicted molar refractivity (Wildman–Crippen MR) is 96.8 cm³/mol. The summed E-state index contributed by atoms with van der Waals surface area (Å²) in [5.41, 5.74) is 1.15. The van der Waals surface area contributed by atoms with Crippen LogP contribution in [-0.2, 0) is 9.53 Å². The second kappa shape index (κ2) is 7.67. The van der Waals surface area contributed by atoms with Gasteiger partial charge in [-0.25, -0.2) is 4.79 Å². The first-order valence-electron chi connectivity index (χ1n) is 8.86. The SMILES string of the molecule is CC(NC(=O)COC(=O)c1ccc2c(c1)OCCO2)c1ccc2c(c1)OCO2. The average molecular weight is 385 g/mol. The highest BCUT2D eigenvalue weighted by Gasteiger charge is 2.19. The molecule has 8 nitrogen and oxygen atoms in total. The fourth-order valence-corrected chi connectivity index (χ4v) is 2.93. The van der Waals surface area contributed by atoms with E-state index in [2.05, 4.69) is 5.32 Å². The Balaban J connectivity index is 1.31. The highest BCUT2D eigenvalue weighted by atomic mass is 16.7. The Hall–Kier alpha value is -3.42. The van der Waals surface area contributed by atoms with Crippen molar-refractivity contribution in [2.75, 3.05) is 26.6 Å². The molecule has 2 aliphatic rings. The number of hydrogen-bond donors (Lipinski definition) is 1. The van der Waals surface area contributed by atoms with Gasteiger partial charge >= 0.3 is 5.97 Å². The Kier molecular flexibility index (Phi) is 4.92. The van der Waals surface area contributed by atoms with E-state index >= 15 is 0 Å². The number of esters is 1. The summed E-state index contributed by atoms with van der Waals surface area (Å²) in [6.07, 6.45) is 0. The molecule has 1 atom stereocenters. The summed E-state index contributed by atoms with van der Waals surface area (Å²) < 4.78 is 26.6. The molecule has 2 aliphatic heterocycles. The van der Waals surface area contributed by atoms with Crippen molar-refractivity contribution in [2.45, 2.75) is 13.0 Å². The summed E-state index contributed by atoms with van der Waals surface area (Å²) in [6.45, 7) is 2.53. The van der Waals surface area contributed by atoms with E-state index in [1.807, 2.05) is 19.1 Å². The van der Waals surface area contributed by atoms with Gasteiger partial charge in [-0.1, -0.05) is 6.07 Å². The van der Waals surface area contributed by atoms with Crippen molar-refractivity contribution in [3.63, 3.8) is 0 Å². The van der Waals surface area contributed by atoms with E-state index in [9.17, 15) is 9.59 Å². The van der Waals surface area contributed by atoms with Crippen LogP contribution in [0, 0.1) is 0 Å². The van der Waals surface area contributed by atoms with Crippen molar-refractivity contribution in [3.05, 3.63) is 47.5 Å². The van der Waals surface area contributed by atoms with Crippen LogP contribution in [0.5, 0.6) is 23.0 Å². The molecular formula is C20H19NO7. The number of fused-ring (bicyclic) bond motifs is 2. The fourth-order valence-electron chi connectivity index (χ4n) is 2.93. The number of nitrogens with one attached hydrogen (secondary N) is 1. The minimum atomic E-state index is -0.608. The van der Waals surface area contributed by atoms with Gasteiger partial charge in [0.05, 0.1) is 11.6 Å². The molecule has 2 heterocycles. The van der Waals surface area contributed by atoms with Crippen LogP contribution in [-0.4, -0.2) is 38.5 Å². The molecule has 28 heavy (non-hydrogen) atoms. The molecule has 0 saturated heterocycles. The molecule has 0 saturated carbocycles. The lowest BCUT2D eigenvalue weighted by Crippen LogP contribution is -2.31. The normalized spacial score (nSPS) is 14.9. The first kappa shape index (κ1) is 18.0. The molecule has 146 valence electrons. The van der Waals surface area contributed by atoms with Gasteiger partial charge in [0.15, 0.2) is 29.6 Å². The first-order chi connectivity index (χ1) is 13.6. The van der Waals surface area contributed by atoms with Crippen LogP contribution < -0.4 is 24.3 Å². The monoisotopic (exact) mass is 385 g/mol. The lowest BCUT2D eigenvalue weighted by atomic mass is 10.1. The van der Waals surface area contributed by atoms with Crippen LogP contribution in [0.15, 0.2) is 36.4 Å². The smallest absolute Gasteiger partial charge is 0.338 e. The third-order valence-electron chi connectivity index (χ3n) is 4.39. The van der Waals surface area contributed by atoms with Crippen molar-refractivity contribution in [2.24, 2.45) is 0 Å². The Morgan fingerprint density at radius 1 is 0.964 bits per heavy atom. The summed E-state index contributed by atoms with van der Waals surface area (Å²) in [5, 5.41) is 2.79.